The first-order valence-corrected chi connectivity index (χ1v) is 6.35. The van der Waals surface area contributed by atoms with Crippen molar-refractivity contribution in [1.82, 2.24) is 0 Å². The zero-order valence-electron chi connectivity index (χ0n) is 10.4. The molecule has 0 saturated heterocycles. The predicted molar refractivity (Wildman–Crippen MR) is 77.3 cm³/mol. The van der Waals surface area contributed by atoms with Crippen LogP contribution >= 0.6 is 23.2 Å². The molecule has 0 aromatic heterocycles. The second kappa shape index (κ2) is 5.95. The molecule has 1 aromatic rings. The van der Waals surface area contributed by atoms with Gasteiger partial charge in [-0.15, -0.1) is 0 Å². The van der Waals surface area contributed by atoms with Crippen LogP contribution in [-0.4, -0.2) is 17.2 Å². The average Bonchev–Trinajstić information content (AvgIpc) is 2.38. The van der Waals surface area contributed by atoms with E-state index in [-0.39, 0.29) is 5.17 Å². The third-order valence-corrected chi connectivity index (χ3v) is 2.93. The summed E-state index contributed by atoms with van der Waals surface area (Å²) in [5.74, 6) is -0.555. The number of benzene rings is 1. The number of halogens is 2. The Morgan fingerprint density at radius 1 is 1.55 bits per heavy atom. The first-order valence-electron chi connectivity index (χ1n) is 5.59. The van der Waals surface area contributed by atoms with Gasteiger partial charge >= 0.3 is 5.97 Å². The minimum atomic E-state index is -1.04. The summed E-state index contributed by atoms with van der Waals surface area (Å²) in [7, 11) is 0. The van der Waals surface area contributed by atoms with Crippen molar-refractivity contribution in [3.63, 3.8) is 0 Å². The number of aliphatic imine (C=N–C) groups is 1. The molecule has 102 valence electrons. The molecule has 7 heteroatoms. The van der Waals surface area contributed by atoms with Crippen LogP contribution in [-0.2, 0) is 9.53 Å². The SMILES string of the molecule is CC(=O)OC(C#N)C=C1Nc2cc(Cl)ccc2N=C1Cl. The number of esters is 1. The predicted octanol–water partition coefficient (Wildman–Crippen LogP) is 3.37. The van der Waals surface area contributed by atoms with Gasteiger partial charge in [-0.1, -0.05) is 23.2 Å². The van der Waals surface area contributed by atoms with Crippen LogP contribution in [0.15, 0.2) is 35.0 Å². The maximum atomic E-state index is 10.9. The van der Waals surface area contributed by atoms with Gasteiger partial charge in [0.05, 0.1) is 17.1 Å². The topological polar surface area (TPSA) is 74.5 Å². The van der Waals surface area contributed by atoms with Crippen LogP contribution in [0.4, 0.5) is 11.4 Å². The first kappa shape index (κ1) is 14.4. The van der Waals surface area contributed by atoms with E-state index in [1.807, 2.05) is 6.07 Å². The third-order valence-electron chi connectivity index (χ3n) is 2.41. The summed E-state index contributed by atoms with van der Waals surface area (Å²) in [6.07, 6.45) is 0.344. The highest BCUT2D eigenvalue weighted by atomic mass is 35.5. The fourth-order valence-corrected chi connectivity index (χ4v) is 1.98. The molecule has 0 amide bonds. The molecule has 2 rings (SSSR count). The van der Waals surface area contributed by atoms with Crippen molar-refractivity contribution in [3.8, 4) is 6.07 Å². The summed E-state index contributed by atoms with van der Waals surface area (Å²) in [6.45, 7) is 1.22. The van der Waals surface area contributed by atoms with Gasteiger partial charge in [0.15, 0.2) is 5.17 Å². The zero-order chi connectivity index (χ0) is 14.7. The van der Waals surface area contributed by atoms with E-state index in [4.69, 9.17) is 33.2 Å². The highest BCUT2D eigenvalue weighted by Gasteiger charge is 2.18. The number of hydrogen-bond acceptors (Lipinski definition) is 5. The van der Waals surface area contributed by atoms with E-state index in [2.05, 4.69) is 10.3 Å². The first-order chi connectivity index (χ1) is 9.49. The van der Waals surface area contributed by atoms with E-state index in [1.54, 1.807) is 18.2 Å². The summed E-state index contributed by atoms with van der Waals surface area (Å²) in [5.41, 5.74) is 1.68. The van der Waals surface area contributed by atoms with Gasteiger partial charge in [0.2, 0.25) is 6.10 Å². The molecule has 0 bridgehead atoms. The van der Waals surface area contributed by atoms with Crippen LogP contribution in [0.25, 0.3) is 0 Å². The number of allylic oxidation sites excluding steroid dienone is 1. The molecular weight excluding hydrogens is 301 g/mol. The number of nitriles is 1. The second-order valence-corrected chi connectivity index (χ2v) is 4.72. The Kier molecular flexibility index (Phi) is 4.28. The lowest BCUT2D eigenvalue weighted by Crippen LogP contribution is -2.17. The van der Waals surface area contributed by atoms with Gasteiger partial charge in [-0.05, 0) is 24.3 Å². The average molecular weight is 310 g/mol. The summed E-state index contributed by atoms with van der Waals surface area (Å²) < 4.78 is 4.81. The molecule has 0 spiro atoms. The summed E-state index contributed by atoms with van der Waals surface area (Å²) >= 11 is 11.9. The van der Waals surface area contributed by atoms with E-state index in [0.29, 0.717) is 22.1 Å². The highest BCUT2D eigenvalue weighted by molar-refractivity contribution is 6.70. The molecule has 1 atom stereocenters. The molecule has 0 radical (unpaired) electrons. The number of nitrogens with zero attached hydrogens (tertiary/aromatic N) is 2. The Labute approximate surface area is 125 Å². The number of anilines is 1. The summed E-state index contributed by atoms with van der Waals surface area (Å²) in [5, 5.41) is 12.6. The normalized spacial score (nSPS) is 16.5. The van der Waals surface area contributed by atoms with Gasteiger partial charge < -0.3 is 10.1 Å². The van der Waals surface area contributed by atoms with Crippen LogP contribution < -0.4 is 5.32 Å². The van der Waals surface area contributed by atoms with Gasteiger partial charge in [0, 0.05) is 11.9 Å². The van der Waals surface area contributed by atoms with Gasteiger partial charge in [-0.2, -0.15) is 5.26 Å². The van der Waals surface area contributed by atoms with E-state index in [0.717, 1.165) is 0 Å². The maximum absolute atomic E-state index is 10.9. The van der Waals surface area contributed by atoms with E-state index < -0.39 is 12.1 Å². The molecule has 1 aliphatic heterocycles. The fraction of sp³-hybridized carbons (Fsp3) is 0.154. The van der Waals surface area contributed by atoms with Crippen molar-refractivity contribution >= 4 is 45.7 Å². The Hall–Kier alpha value is -2.03. The lowest BCUT2D eigenvalue weighted by atomic mass is 10.2. The van der Waals surface area contributed by atoms with Crippen molar-refractivity contribution in [1.29, 1.82) is 5.26 Å². The molecular formula is C13H9Cl2N3O2. The van der Waals surface area contributed by atoms with Crippen molar-refractivity contribution in [2.45, 2.75) is 13.0 Å². The number of carbonyl (C=O) groups excluding carboxylic acids is 1. The molecule has 0 saturated carbocycles. The number of rotatable bonds is 2. The molecule has 20 heavy (non-hydrogen) atoms. The second-order valence-electron chi connectivity index (χ2n) is 3.93. The Bertz CT molecular complexity index is 662. The van der Waals surface area contributed by atoms with Gasteiger partial charge in [-0.25, -0.2) is 4.99 Å². The molecule has 1 aliphatic rings. The highest BCUT2D eigenvalue weighted by Crippen LogP contribution is 2.34. The quantitative estimate of drug-likeness (QED) is 0.850. The Morgan fingerprint density at radius 3 is 2.95 bits per heavy atom. The number of fused-ring (bicyclic) bond motifs is 1. The maximum Gasteiger partial charge on any atom is 0.304 e. The van der Waals surface area contributed by atoms with Crippen molar-refractivity contribution in [2.24, 2.45) is 4.99 Å². The lowest BCUT2D eigenvalue weighted by Gasteiger charge is -2.18. The molecule has 0 fully saturated rings. The van der Waals surface area contributed by atoms with Crippen molar-refractivity contribution in [3.05, 3.63) is 35.0 Å². The molecule has 0 aliphatic carbocycles. The molecule has 5 nitrogen and oxygen atoms in total. The lowest BCUT2D eigenvalue weighted by molar-refractivity contribution is -0.142. The van der Waals surface area contributed by atoms with Crippen molar-refractivity contribution in [2.75, 3.05) is 5.32 Å². The van der Waals surface area contributed by atoms with Gasteiger partial charge in [-0.3, -0.25) is 4.79 Å². The van der Waals surface area contributed by atoms with E-state index in [9.17, 15) is 4.79 Å². The fourth-order valence-electron chi connectivity index (χ4n) is 1.61. The Balaban J connectivity index is 2.32. The smallest absolute Gasteiger partial charge is 0.304 e. The van der Waals surface area contributed by atoms with Gasteiger partial charge in [0.25, 0.3) is 0 Å². The number of hydrogen-bond donors (Lipinski definition) is 1. The third kappa shape index (κ3) is 3.29. The number of carbonyl (C=O) groups is 1. The van der Waals surface area contributed by atoms with Crippen LogP contribution in [0.2, 0.25) is 5.02 Å². The number of ether oxygens (including phenoxy) is 1. The van der Waals surface area contributed by atoms with Crippen LogP contribution in [0, 0.1) is 11.3 Å². The molecule has 1 N–H and O–H groups in total. The van der Waals surface area contributed by atoms with Crippen LogP contribution in [0.1, 0.15) is 6.92 Å². The molecule has 1 heterocycles. The summed E-state index contributed by atoms with van der Waals surface area (Å²) in [6, 6.07) is 6.94. The zero-order valence-corrected chi connectivity index (χ0v) is 11.9. The Morgan fingerprint density at radius 2 is 2.30 bits per heavy atom. The number of nitrogens with one attached hydrogen (secondary N) is 1. The van der Waals surface area contributed by atoms with E-state index >= 15 is 0 Å². The summed E-state index contributed by atoms with van der Waals surface area (Å²) in [4.78, 5) is 15.1. The van der Waals surface area contributed by atoms with Crippen LogP contribution in [0.5, 0.6) is 0 Å². The van der Waals surface area contributed by atoms with E-state index in [1.165, 1.54) is 13.0 Å². The molecule has 1 aromatic carbocycles. The van der Waals surface area contributed by atoms with Gasteiger partial charge in [0.1, 0.15) is 6.07 Å². The minimum absolute atomic E-state index is 0.173. The standard InChI is InChI=1S/C13H9Cl2N3O2/c1-7(19)20-9(6-16)5-12-13(15)18-10-3-2-8(14)4-11(10)17-12/h2-5,9,17H,1H3. The van der Waals surface area contributed by atoms with Crippen LogP contribution in [0.3, 0.4) is 0 Å². The molecule has 1 unspecified atom stereocenters. The monoisotopic (exact) mass is 309 g/mol. The van der Waals surface area contributed by atoms with Crippen molar-refractivity contribution < 1.29 is 9.53 Å². The minimum Gasteiger partial charge on any atom is -0.443 e. The largest absolute Gasteiger partial charge is 0.443 e.